The Morgan fingerprint density at radius 3 is 2.32 bits per heavy atom. The summed E-state index contributed by atoms with van der Waals surface area (Å²) in [5, 5.41) is 13.8. The molecule has 25 heavy (non-hydrogen) atoms. The molecule has 8 nitrogen and oxygen atoms in total. The number of aromatic nitrogens is 1. The lowest BCUT2D eigenvalue weighted by molar-refractivity contribution is -0.384. The first-order valence-corrected chi connectivity index (χ1v) is 7.37. The van der Waals surface area contributed by atoms with Crippen molar-refractivity contribution >= 4 is 23.3 Å². The summed E-state index contributed by atoms with van der Waals surface area (Å²) in [5.74, 6) is -1.34. The van der Waals surface area contributed by atoms with Crippen LogP contribution in [-0.2, 0) is 4.74 Å². The predicted molar refractivity (Wildman–Crippen MR) is 90.8 cm³/mol. The van der Waals surface area contributed by atoms with Gasteiger partial charge in [0.1, 0.15) is 0 Å². The molecule has 0 aliphatic heterocycles. The number of pyridine rings is 1. The molecule has 0 saturated carbocycles. The van der Waals surface area contributed by atoms with Crippen LogP contribution in [0.25, 0.3) is 0 Å². The molecule has 1 N–H and O–H groups in total. The monoisotopic (exact) mass is 343 g/mol. The third-order valence-electron chi connectivity index (χ3n) is 3.58. The summed E-state index contributed by atoms with van der Waals surface area (Å²) < 4.78 is 4.57. The molecule has 1 amide bonds. The van der Waals surface area contributed by atoms with Gasteiger partial charge in [-0.1, -0.05) is 0 Å². The van der Waals surface area contributed by atoms with Gasteiger partial charge in [-0.25, -0.2) is 4.79 Å². The highest BCUT2D eigenvalue weighted by atomic mass is 16.6. The second-order valence-corrected chi connectivity index (χ2v) is 5.51. The highest BCUT2D eigenvalue weighted by Crippen LogP contribution is 2.22. The summed E-state index contributed by atoms with van der Waals surface area (Å²) in [6.07, 6.45) is 0. The van der Waals surface area contributed by atoms with Gasteiger partial charge in [-0.3, -0.25) is 19.9 Å². The maximum Gasteiger partial charge on any atom is 0.338 e. The fraction of sp³-hybridized carbons (Fsp3) is 0.235. The van der Waals surface area contributed by atoms with Crippen LogP contribution in [0.2, 0.25) is 0 Å². The van der Waals surface area contributed by atoms with Gasteiger partial charge in [-0.15, -0.1) is 0 Å². The number of nitrogens with one attached hydrogen (secondary N) is 1. The van der Waals surface area contributed by atoms with Crippen molar-refractivity contribution in [3.8, 4) is 0 Å². The lowest BCUT2D eigenvalue weighted by atomic mass is 10.1. The van der Waals surface area contributed by atoms with Crippen LogP contribution in [0.5, 0.6) is 0 Å². The lowest BCUT2D eigenvalue weighted by Gasteiger charge is -2.12. The van der Waals surface area contributed by atoms with Gasteiger partial charge in [0.2, 0.25) is 0 Å². The molecular weight excluding hydrogens is 326 g/mol. The normalized spacial score (nSPS) is 10.2. The molecule has 130 valence electrons. The maximum atomic E-state index is 12.5. The number of carbonyl (C=O) groups excluding carboxylic acids is 2. The van der Waals surface area contributed by atoms with Crippen molar-refractivity contribution in [3.05, 3.63) is 62.5 Å². The molecule has 1 aromatic carbocycles. The van der Waals surface area contributed by atoms with E-state index in [0.29, 0.717) is 11.4 Å². The van der Waals surface area contributed by atoms with E-state index in [9.17, 15) is 19.7 Å². The number of nitro groups is 1. The summed E-state index contributed by atoms with van der Waals surface area (Å²) in [6, 6.07) is 5.23. The number of esters is 1. The zero-order chi connectivity index (χ0) is 18.7. The van der Waals surface area contributed by atoms with E-state index in [2.05, 4.69) is 15.0 Å². The van der Waals surface area contributed by atoms with Gasteiger partial charge < -0.3 is 10.1 Å². The average molecular weight is 343 g/mol. The zero-order valence-electron chi connectivity index (χ0n) is 14.2. The molecule has 0 fully saturated rings. The third kappa shape index (κ3) is 3.97. The van der Waals surface area contributed by atoms with Crippen molar-refractivity contribution in [2.75, 3.05) is 12.4 Å². The van der Waals surface area contributed by atoms with Crippen molar-refractivity contribution in [2.45, 2.75) is 20.8 Å². The van der Waals surface area contributed by atoms with Crippen molar-refractivity contribution in [1.82, 2.24) is 4.98 Å². The molecule has 8 heteroatoms. The van der Waals surface area contributed by atoms with Gasteiger partial charge in [-0.05, 0) is 38.5 Å². The van der Waals surface area contributed by atoms with E-state index in [-0.39, 0.29) is 16.8 Å². The van der Waals surface area contributed by atoms with Crippen molar-refractivity contribution < 1.29 is 19.2 Å². The molecule has 0 spiro atoms. The molecule has 0 atom stereocenters. The highest BCUT2D eigenvalue weighted by Gasteiger charge is 2.19. The van der Waals surface area contributed by atoms with Crippen LogP contribution in [0, 0.1) is 30.9 Å². The maximum absolute atomic E-state index is 12.5. The number of nitro benzene ring substituents is 1. The minimum atomic E-state index is -0.762. The zero-order valence-corrected chi connectivity index (χ0v) is 14.2. The van der Waals surface area contributed by atoms with Gasteiger partial charge in [0, 0.05) is 23.4 Å². The Hall–Kier alpha value is -3.29. The quantitative estimate of drug-likeness (QED) is 0.519. The third-order valence-corrected chi connectivity index (χ3v) is 3.58. The number of hydrogen-bond donors (Lipinski definition) is 1. The number of non-ortho nitro benzene ring substituents is 1. The first-order chi connectivity index (χ1) is 11.7. The largest absolute Gasteiger partial charge is 0.465 e. The Kier molecular flexibility index (Phi) is 5.11. The number of methoxy groups -OCH3 is 1. The van der Waals surface area contributed by atoms with E-state index in [1.54, 1.807) is 6.92 Å². The van der Waals surface area contributed by atoms with Gasteiger partial charge in [0.25, 0.3) is 11.6 Å². The molecule has 2 rings (SSSR count). The van der Waals surface area contributed by atoms with E-state index < -0.39 is 16.8 Å². The molecule has 0 aliphatic carbocycles. The highest BCUT2D eigenvalue weighted by molar-refractivity contribution is 6.06. The fourth-order valence-electron chi connectivity index (χ4n) is 2.48. The SMILES string of the molecule is COC(=O)c1cc(C(=O)Nc2c(C)cc(C)nc2C)cc([N+](=O)[O-])c1. The Labute approximate surface area is 144 Å². The molecule has 0 radical (unpaired) electrons. The van der Waals surface area contributed by atoms with Crippen LogP contribution in [-0.4, -0.2) is 28.9 Å². The Balaban J connectivity index is 2.44. The lowest BCUT2D eigenvalue weighted by Crippen LogP contribution is -2.16. The second-order valence-electron chi connectivity index (χ2n) is 5.51. The topological polar surface area (TPSA) is 111 Å². The van der Waals surface area contributed by atoms with Gasteiger partial charge in [0.05, 0.1) is 29.0 Å². The average Bonchev–Trinajstić information content (AvgIpc) is 2.56. The molecule has 2 aromatic rings. The van der Waals surface area contributed by atoms with Crippen LogP contribution in [0.3, 0.4) is 0 Å². The minimum absolute atomic E-state index is 0.0195. The molecule has 0 aliphatic rings. The number of rotatable bonds is 4. The van der Waals surface area contributed by atoms with E-state index in [4.69, 9.17) is 0 Å². The fourth-order valence-corrected chi connectivity index (χ4v) is 2.48. The van der Waals surface area contributed by atoms with Crippen LogP contribution >= 0.6 is 0 Å². The van der Waals surface area contributed by atoms with Crippen LogP contribution in [0.1, 0.15) is 37.7 Å². The molecule has 1 aromatic heterocycles. The number of benzene rings is 1. The Bertz CT molecular complexity index is 854. The van der Waals surface area contributed by atoms with Crippen LogP contribution < -0.4 is 5.32 Å². The summed E-state index contributed by atoms with van der Waals surface area (Å²) in [4.78, 5) is 38.9. The van der Waals surface area contributed by atoms with Crippen molar-refractivity contribution in [3.63, 3.8) is 0 Å². The minimum Gasteiger partial charge on any atom is -0.465 e. The molecule has 0 unspecified atom stereocenters. The summed E-state index contributed by atoms with van der Waals surface area (Å²) in [7, 11) is 1.16. The van der Waals surface area contributed by atoms with E-state index >= 15 is 0 Å². The molecule has 0 saturated heterocycles. The number of anilines is 1. The number of amides is 1. The van der Waals surface area contributed by atoms with Crippen LogP contribution in [0.15, 0.2) is 24.3 Å². The van der Waals surface area contributed by atoms with Gasteiger partial charge >= 0.3 is 5.97 Å². The molecule has 0 bridgehead atoms. The van der Waals surface area contributed by atoms with Crippen molar-refractivity contribution in [2.24, 2.45) is 0 Å². The summed E-state index contributed by atoms with van der Waals surface area (Å²) >= 11 is 0. The summed E-state index contributed by atoms with van der Waals surface area (Å²) in [6.45, 7) is 5.42. The van der Waals surface area contributed by atoms with Crippen molar-refractivity contribution in [1.29, 1.82) is 0 Å². The molecular formula is C17H17N3O5. The number of nitrogens with zero attached hydrogens (tertiary/aromatic N) is 2. The Morgan fingerprint density at radius 2 is 1.76 bits per heavy atom. The van der Waals surface area contributed by atoms with Gasteiger partial charge in [0.15, 0.2) is 0 Å². The van der Waals surface area contributed by atoms with E-state index in [1.807, 2.05) is 19.9 Å². The first kappa shape index (κ1) is 18.1. The Morgan fingerprint density at radius 1 is 1.12 bits per heavy atom. The smallest absolute Gasteiger partial charge is 0.338 e. The van der Waals surface area contributed by atoms with Gasteiger partial charge in [-0.2, -0.15) is 0 Å². The summed E-state index contributed by atoms with van der Waals surface area (Å²) in [5.41, 5.74) is 2.33. The number of carbonyl (C=O) groups is 2. The van der Waals surface area contributed by atoms with E-state index in [1.165, 1.54) is 6.07 Å². The molecule has 1 heterocycles. The predicted octanol–water partition coefficient (Wildman–Crippen LogP) is 2.95. The van der Waals surface area contributed by atoms with Crippen LogP contribution in [0.4, 0.5) is 11.4 Å². The first-order valence-electron chi connectivity index (χ1n) is 7.37. The second kappa shape index (κ2) is 7.08. The number of hydrogen-bond acceptors (Lipinski definition) is 6. The van der Waals surface area contributed by atoms with E-state index in [0.717, 1.165) is 30.5 Å². The standard InChI is InChI=1S/C17H17N3O5/c1-9-5-10(2)18-11(3)15(9)19-16(21)12-6-13(17(22)25-4)8-14(7-12)20(23)24/h5-8H,1-4H3,(H,19,21). The number of ether oxygens (including phenoxy) is 1. The number of aryl methyl sites for hydroxylation is 3.